The maximum atomic E-state index is 3.86. The molecular weight excluding hydrogens is 136 g/mol. The molecule has 1 aromatic rings. The van der Waals surface area contributed by atoms with Crippen LogP contribution in [-0.2, 0) is 13.6 Å². The number of aromatic nitrogens is 2. The van der Waals surface area contributed by atoms with Crippen LogP contribution in [0.3, 0.4) is 0 Å². The van der Waals surface area contributed by atoms with E-state index in [4.69, 9.17) is 0 Å². The van der Waals surface area contributed by atoms with Gasteiger partial charge in [0.05, 0.1) is 13.6 Å². The summed E-state index contributed by atoms with van der Waals surface area (Å²) in [4.78, 5) is 0. The Hall–Kier alpha value is -1.05. The molecule has 0 aromatic carbocycles. The topological polar surface area (TPSA) is 8.81 Å². The van der Waals surface area contributed by atoms with E-state index in [1.165, 1.54) is 5.57 Å². The Morgan fingerprint density at radius 2 is 2.36 bits per heavy atom. The smallest absolute Gasteiger partial charge is 0.240 e. The summed E-state index contributed by atoms with van der Waals surface area (Å²) in [6.45, 7) is 6.95. The zero-order valence-corrected chi connectivity index (χ0v) is 7.25. The van der Waals surface area contributed by atoms with Crippen molar-refractivity contribution in [3.05, 3.63) is 30.9 Å². The predicted molar refractivity (Wildman–Crippen MR) is 45.0 cm³/mol. The van der Waals surface area contributed by atoms with Gasteiger partial charge in [-0.05, 0) is 6.92 Å². The van der Waals surface area contributed by atoms with E-state index >= 15 is 0 Å². The monoisotopic (exact) mass is 151 g/mol. The van der Waals surface area contributed by atoms with Crippen molar-refractivity contribution in [2.45, 2.75) is 19.9 Å². The minimum absolute atomic E-state index is 1.04. The van der Waals surface area contributed by atoms with Gasteiger partial charge in [-0.1, -0.05) is 12.2 Å². The number of nitrogens with zero attached hydrogens (tertiary/aromatic N) is 2. The highest BCUT2D eigenvalue weighted by atomic mass is 15.1. The highest BCUT2D eigenvalue weighted by Gasteiger charge is 1.98. The van der Waals surface area contributed by atoms with E-state index in [1.807, 2.05) is 17.8 Å². The maximum Gasteiger partial charge on any atom is 0.243 e. The van der Waals surface area contributed by atoms with Crippen molar-refractivity contribution in [3.8, 4) is 0 Å². The lowest BCUT2D eigenvalue weighted by Gasteiger charge is -1.94. The third-order valence-electron chi connectivity index (χ3n) is 1.62. The molecule has 0 aliphatic heterocycles. The summed E-state index contributed by atoms with van der Waals surface area (Å²) in [5, 5.41) is 0. The second kappa shape index (κ2) is 3.37. The fourth-order valence-corrected chi connectivity index (χ4v) is 0.954. The Balaban J connectivity index is 2.45. The molecule has 0 spiro atoms. The highest BCUT2D eigenvalue weighted by molar-refractivity contribution is 4.87. The number of hydrogen-bond acceptors (Lipinski definition) is 0. The van der Waals surface area contributed by atoms with Gasteiger partial charge in [-0.2, -0.15) is 0 Å². The van der Waals surface area contributed by atoms with Gasteiger partial charge in [0.1, 0.15) is 12.4 Å². The minimum Gasteiger partial charge on any atom is -0.240 e. The molecule has 1 rings (SSSR count). The quantitative estimate of drug-likeness (QED) is 0.454. The average molecular weight is 151 g/mol. The van der Waals surface area contributed by atoms with E-state index in [0.29, 0.717) is 0 Å². The van der Waals surface area contributed by atoms with Gasteiger partial charge >= 0.3 is 0 Å². The molecule has 0 bridgehead atoms. The predicted octanol–water partition coefficient (Wildman–Crippen LogP) is 1.28. The fourth-order valence-electron chi connectivity index (χ4n) is 0.954. The molecule has 0 saturated heterocycles. The standard InChI is InChI=1S/C9H15N2/c1-9(2)4-5-11-7-6-10(3)8-11/h6-8H,1,4-5H2,2-3H3/q+1. The number of imidazole rings is 1. The number of hydrogen-bond donors (Lipinski definition) is 0. The van der Waals surface area contributed by atoms with Crippen LogP contribution in [-0.4, -0.2) is 4.57 Å². The van der Waals surface area contributed by atoms with Gasteiger partial charge in [0.2, 0.25) is 6.33 Å². The second-order valence-corrected chi connectivity index (χ2v) is 3.02. The van der Waals surface area contributed by atoms with Crippen LogP contribution in [0.15, 0.2) is 30.9 Å². The van der Waals surface area contributed by atoms with E-state index in [-0.39, 0.29) is 0 Å². The van der Waals surface area contributed by atoms with Gasteiger partial charge in [-0.25, -0.2) is 9.13 Å². The molecular formula is C9H15N2+. The molecule has 1 heterocycles. The van der Waals surface area contributed by atoms with E-state index in [0.717, 1.165) is 13.0 Å². The van der Waals surface area contributed by atoms with E-state index in [9.17, 15) is 0 Å². The van der Waals surface area contributed by atoms with Crippen molar-refractivity contribution < 1.29 is 4.57 Å². The Morgan fingerprint density at radius 3 is 2.82 bits per heavy atom. The van der Waals surface area contributed by atoms with Crippen LogP contribution in [0.25, 0.3) is 0 Å². The summed E-state index contributed by atoms with van der Waals surface area (Å²) in [7, 11) is 2.03. The van der Waals surface area contributed by atoms with E-state index in [2.05, 4.69) is 30.6 Å². The summed E-state index contributed by atoms with van der Waals surface area (Å²) in [5.74, 6) is 0. The van der Waals surface area contributed by atoms with Crippen LogP contribution in [0.5, 0.6) is 0 Å². The number of aryl methyl sites for hydroxylation is 2. The van der Waals surface area contributed by atoms with Crippen molar-refractivity contribution >= 4 is 0 Å². The Bertz CT molecular complexity index is 248. The maximum absolute atomic E-state index is 3.86. The SMILES string of the molecule is C=C(C)CCn1cc[n+](C)c1. The Kier molecular flexibility index (Phi) is 2.47. The molecule has 0 aliphatic carbocycles. The Morgan fingerprint density at radius 1 is 1.64 bits per heavy atom. The first kappa shape index (κ1) is 8.05. The van der Waals surface area contributed by atoms with E-state index in [1.54, 1.807) is 0 Å². The van der Waals surface area contributed by atoms with Gasteiger partial charge in [-0.3, -0.25) is 0 Å². The van der Waals surface area contributed by atoms with Gasteiger partial charge in [0, 0.05) is 6.42 Å². The summed E-state index contributed by atoms with van der Waals surface area (Å²) >= 11 is 0. The lowest BCUT2D eigenvalue weighted by molar-refractivity contribution is -0.671. The van der Waals surface area contributed by atoms with E-state index < -0.39 is 0 Å². The first-order valence-electron chi connectivity index (χ1n) is 3.84. The highest BCUT2D eigenvalue weighted by Crippen LogP contribution is 1.97. The van der Waals surface area contributed by atoms with Crippen LogP contribution in [0.2, 0.25) is 0 Å². The lowest BCUT2D eigenvalue weighted by Crippen LogP contribution is -2.23. The zero-order valence-electron chi connectivity index (χ0n) is 7.25. The molecule has 1 aromatic heterocycles. The first-order chi connectivity index (χ1) is 5.18. The molecule has 60 valence electrons. The normalized spacial score (nSPS) is 10.0. The van der Waals surface area contributed by atoms with Crippen LogP contribution < -0.4 is 4.57 Å². The average Bonchev–Trinajstić information content (AvgIpc) is 2.31. The lowest BCUT2D eigenvalue weighted by atomic mass is 10.2. The van der Waals surface area contributed by atoms with Crippen molar-refractivity contribution in [1.29, 1.82) is 0 Å². The van der Waals surface area contributed by atoms with Gasteiger partial charge in [-0.15, -0.1) is 0 Å². The minimum atomic E-state index is 1.04. The molecule has 0 saturated carbocycles. The fraction of sp³-hybridized carbons (Fsp3) is 0.444. The zero-order chi connectivity index (χ0) is 8.27. The van der Waals surface area contributed by atoms with Crippen molar-refractivity contribution in [1.82, 2.24) is 4.57 Å². The number of allylic oxidation sites excluding steroid dienone is 1. The van der Waals surface area contributed by atoms with Crippen molar-refractivity contribution in [3.63, 3.8) is 0 Å². The van der Waals surface area contributed by atoms with Crippen molar-refractivity contribution in [2.24, 2.45) is 7.05 Å². The van der Waals surface area contributed by atoms with Crippen LogP contribution >= 0.6 is 0 Å². The molecule has 2 nitrogen and oxygen atoms in total. The molecule has 0 amide bonds. The first-order valence-corrected chi connectivity index (χ1v) is 3.84. The summed E-state index contributed by atoms with van der Waals surface area (Å²) in [6.07, 6.45) is 7.25. The molecule has 0 fully saturated rings. The van der Waals surface area contributed by atoms with Gasteiger partial charge in [0.15, 0.2) is 0 Å². The summed E-state index contributed by atoms with van der Waals surface area (Å²) in [6, 6.07) is 0. The molecule has 0 atom stereocenters. The molecule has 2 heteroatoms. The van der Waals surface area contributed by atoms with Crippen molar-refractivity contribution in [2.75, 3.05) is 0 Å². The number of rotatable bonds is 3. The van der Waals surface area contributed by atoms with Gasteiger partial charge < -0.3 is 0 Å². The molecule has 0 aliphatic rings. The molecule has 11 heavy (non-hydrogen) atoms. The van der Waals surface area contributed by atoms with Gasteiger partial charge in [0.25, 0.3) is 0 Å². The van der Waals surface area contributed by atoms with Crippen LogP contribution in [0.1, 0.15) is 13.3 Å². The summed E-state index contributed by atoms with van der Waals surface area (Å²) in [5.41, 5.74) is 1.24. The Labute approximate surface area is 67.8 Å². The third kappa shape index (κ3) is 2.58. The molecule has 0 N–H and O–H groups in total. The molecule has 0 unspecified atom stereocenters. The largest absolute Gasteiger partial charge is 0.243 e. The molecule has 0 radical (unpaired) electrons. The second-order valence-electron chi connectivity index (χ2n) is 3.02. The third-order valence-corrected chi connectivity index (χ3v) is 1.62. The van der Waals surface area contributed by atoms with Crippen LogP contribution in [0, 0.1) is 0 Å². The summed E-state index contributed by atoms with van der Waals surface area (Å²) < 4.78 is 4.20. The van der Waals surface area contributed by atoms with Crippen LogP contribution in [0.4, 0.5) is 0 Å².